The number of anilines is 12. The van der Waals surface area contributed by atoms with Gasteiger partial charge in [0.1, 0.15) is 23.3 Å². The molecule has 660 valence electrons. The van der Waals surface area contributed by atoms with E-state index in [-0.39, 0.29) is 22.7 Å². The van der Waals surface area contributed by atoms with Crippen molar-refractivity contribution < 1.29 is 35.1 Å². The van der Waals surface area contributed by atoms with E-state index in [1.54, 1.807) is 117 Å². The van der Waals surface area contributed by atoms with Crippen LogP contribution < -0.4 is 19.6 Å². The van der Waals surface area contributed by atoms with E-state index in [1.807, 2.05) is 267 Å². The fourth-order valence-corrected chi connectivity index (χ4v) is 20.3. The van der Waals surface area contributed by atoms with Crippen molar-refractivity contribution in [1.82, 2.24) is 0 Å². The summed E-state index contributed by atoms with van der Waals surface area (Å²) in [6, 6.07) is 126. The molecule has 16 heteroatoms. The molecule has 0 saturated carbocycles. The van der Waals surface area contributed by atoms with Crippen molar-refractivity contribution in [2.75, 3.05) is 19.6 Å². The van der Waals surface area contributed by atoms with Gasteiger partial charge in [-0.1, -0.05) is 255 Å². The third kappa shape index (κ3) is 14.8. The Morgan fingerprint density at radius 1 is 0.207 bits per heavy atom. The normalized spacial score (nSPS) is 11.4. The number of fused-ring (bicyclic) bond motifs is 4. The average molecular weight is 1820 g/mol. The van der Waals surface area contributed by atoms with Crippen LogP contribution in [0.25, 0.3) is 162 Å². The van der Waals surface area contributed by atoms with E-state index in [4.69, 9.17) is 13.1 Å². The van der Waals surface area contributed by atoms with Crippen LogP contribution in [0.5, 0.6) is 0 Å². The zero-order valence-corrected chi connectivity index (χ0v) is 73.9. The average Bonchev–Trinajstić information content (AvgIpc) is 0.715. The molecular weight excluding hydrogens is 1750 g/mol. The van der Waals surface area contributed by atoms with Gasteiger partial charge in [-0.05, 0) is 242 Å². The number of rotatable bonds is 16. The van der Waals surface area contributed by atoms with E-state index >= 15 is 35.1 Å². The van der Waals surface area contributed by atoms with Crippen LogP contribution in [0.15, 0.2) is 413 Å². The van der Waals surface area contributed by atoms with Crippen molar-refractivity contribution in [3.63, 3.8) is 0 Å². The first-order valence-electron chi connectivity index (χ1n) is 45.0. The van der Waals surface area contributed by atoms with Gasteiger partial charge in [0.15, 0.2) is 34.6 Å². The summed E-state index contributed by atoms with van der Waals surface area (Å²) in [4.78, 5) is 14.4. The molecule has 0 atom stereocenters. The molecule has 0 amide bonds. The minimum absolute atomic E-state index is 0.110. The number of hydrogen-bond acceptors (Lipinski definition) is 6. The van der Waals surface area contributed by atoms with Crippen molar-refractivity contribution in [1.29, 1.82) is 10.5 Å². The molecule has 0 aromatic heterocycles. The van der Waals surface area contributed by atoms with Crippen LogP contribution >= 0.6 is 0 Å². The van der Waals surface area contributed by atoms with Gasteiger partial charge in [-0.3, -0.25) is 0 Å². The molecule has 24 aromatic carbocycles. The summed E-state index contributed by atoms with van der Waals surface area (Å²) in [6.07, 6.45) is 0. The maximum Gasteiger partial charge on any atom is 0.187 e. The number of nitrogens with zero attached hydrogens (tertiary/aromatic N) is 8. The Hall–Kier alpha value is -19.0. The lowest BCUT2D eigenvalue weighted by Crippen LogP contribution is -2.15. The lowest BCUT2D eigenvalue weighted by molar-refractivity contribution is 0.584. The summed E-state index contributed by atoms with van der Waals surface area (Å²) in [5.74, 6) is -6.08. The van der Waals surface area contributed by atoms with E-state index in [0.29, 0.717) is 113 Å². The highest BCUT2D eigenvalue weighted by Crippen LogP contribution is 2.56. The molecule has 0 unspecified atom stereocenters. The molecule has 0 bridgehead atoms. The Morgan fingerprint density at radius 3 is 0.771 bits per heavy atom. The fraction of sp³-hybridized carbons (Fsp3) is 0. The second-order valence-corrected chi connectivity index (χ2v) is 34.4. The van der Waals surface area contributed by atoms with Crippen LogP contribution in [0.4, 0.5) is 115 Å². The lowest BCUT2D eigenvalue weighted by atomic mass is 9.90. The Bertz CT molecular complexity index is 8840. The summed E-state index contributed by atoms with van der Waals surface area (Å²) in [5, 5.41) is 36.6. The molecule has 0 aliphatic rings. The minimum atomic E-state index is -0.788. The molecule has 0 N–H and O–H groups in total. The maximum absolute atomic E-state index is 17.2. The molecule has 0 radical (unpaired) electrons. The smallest absolute Gasteiger partial charge is 0.187 e. The Morgan fingerprint density at radius 2 is 0.464 bits per heavy atom. The van der Waals surface area contributed by atoms with E-state index in [1.165, 1.54) is 24.3 Å². The third-order valence-corrected chi connectivity index (χ3v) is 26.5. The first kappa shape index (κ1) is 85.2. The molecule has 0 saturated heterocycles. The maximum atomic E-state index is 17.2. The van der Waals surface area contributed by atoms with Gasteiger partial charge in [-0.25, -0.2) is 44.8 Å². The number of halogens is 8. The van der Waals surface area contributed by atoms with Gasteiger partial charge >= 0.3 is 0 Å². The summed E-state index contributed by atoms with van der Waals surface area (Å²) >= 11 is 0. The second kappa shape index (κ2) is 34.8. The Kier molecular flexibility index (Phi) is 21.2. The quantitative estimate of drug-likeness (QED) is 0.0545. The number of benzene rings is 24. The Labute approximate surface area is 797 Å². The van der Waals surface area contributed by atoms with Crippen molar-refractivity contribution in [2.24, 2.45) is 0 Å². The zero-order chi connectivity index (χ0) is 95.2. The molecule has 0 fully saturated rings. The van der Waals surface area contributed by atoms with Gasteiger partial charge in [0.25, 0.3) is 0 Å². The summed E-state index contributed by atoms with van der Waals surface area (Å²) in [6.45, 7) is 15.4. The van der Waals surface area contributed by atoms with Gasteiger partial charge in [0, 0.05) is 90.8 Å². The predicted molar refractivity (Wildman–Crippen MR) is 552 cm³/mol. The van der Waals surface area contributed by atoms with Crippen LogP contribution in [0, 0.1) is 82.3 Å². The standard InChI is InChI=1S/2C62H34F4N4/c1-68-44-22-26-46(27-23-44)70(62-54(33-43(64)35-56(62)66)50-15-7-11-39-9-3-5-13-48(39)50)58-31-21-41-18-28-51-57(30-20-40-19-29-52(58)60(41)59(40)51)69(45-24-16-37(36-67)17-25-45)61-53(32-42(63)34-55(61)65)49-14-6-10-38-8-2-4-12-47(38)49;1-68-48-20-24-50(25-21-48)70(62-54(33-47(64)35-56(62)66)45-15-13-39-7-3-5-9-43(39)31-45)58-29-19-41-16-26-51-57(28-18-40-17-27-52(58)60(41)59(40)51)69(49-22-10-37(36-67)11-23-49)61-53(32-46(63)34-55(61)65)44-14-12-38-6-2-4-8-42(38)30-44/h2*2-35H. The van der Waals surface area contributed by atoms with Crippen molar-refractivity contribution in [2.45, 2.75) is 0 Å². The van der Waals surface area contributed by atoms with Gasteiger partial charge < -0.3 is 19.6 Å². The summed E-state index contributed by atoms with van der Waals surface area (Å²) in [7, 11) is 0. The second-order valence-electron chi connectivity index (χ2n) is 34.4. The van der Waals surface area contributed by atoms with E-state index in [9.17, 15) is 10.5 Å². The van der Waals surface area contributed by atoms with Gasteiger partial charge in [0.2, 0.25) is 0 Å². The Balaban J connectivity index is 0.000000156. The lowest BCUT2D eigenvalue weighted by Gasteiger charge is -2.31. The van der Waals surface area contributed by atoms with Gasteiger partial charge in [0.05, 0.1) is 81.9 Å². The van der Waals surface area contributed by atoms with E-state index < -0.39 is 46.5 Å². The zero-order valence-electron chi connectivity index (χ0n) is 73.9. The molecule has 0 aliphatic carbocycles. The van der Waals surface area contributed by atoms with Crippen LogP contribution in [0.2, 0.25) is 0 Å². The summed E-state index contributed by atoms with van der Waals surface area (Å²) < 4.78 is 131. The molecule has 24 aromatic rings. The SMILES string of the molecule is [C-]#[N+]c1ccc(N(c2c(F)cc(F)cc2-c2ccc3ccccc3c2)c2ccc3ccc4c(N(c5ccc(C#N)cc5)c5c(F)cc(F)cc5-c5ccc6ccccc6c5)ccc5ccc2c3c54)cc1.[C-]#[N+]c1ccc(N(c2c(F)cc(F)cc2-c2cccc3ccccc23)c2ccc3ccc4c(N(c5ccc(C#N)cc5)c5c(F)cc(F)cc5-c5cccc6ccccc56)ccc5ccc2c3c54)cc1. The van der Waals surface area contributed by atoms with Crippen molar-refractivity contribution in [3.8, 4) is 56.6 Å². The molecule has 8 nitrogen and oxygen atoms in total. The number of nitriles is 2. The number of hydrogen-bond donors (Lipinski definition) is 0. The molecule has 0 aliphatic heterocycles. The third-order valence-electron chi connectivity index (χ3n) is 26.5. The largest absolute Gasteiger partial charge is 0.307 e. The fourth-order valence-electron chi connectivity index (χ4n) is 20.3. The predicted octanol–water partition coefficient (Wildman–Crippen LogP) is 36.3. The first-order valence-corrected chi connectivity index (χ1v) is 45.0. The molecule has 0 heterocycles. The molecule has 24 rings (SSSR count). The van der Waals surface area contributed by atoms with Crippen LogP contribution in [-0.4, -0.2) is 0 Å². The van der Waals surface area contributed by atoms with Crippen molar-refractivity contribution in [3.05, 3.63) is 493 Å². The van der Waals surface area contributed by atoms with E-state index in [2.05, 4.69) is 21.8 Å². The van der Waals surface area contributed by atoms with Gasteiger partial charge in [-0.2, -0.15) is 10.5 Å². The molecular formula is C124H68F8N8. The van der Waals surface area contributed by atoms with E-state index in [0.717, 1.165) is 132 Å². The first-order chi connectivity index (χ1) is 68.5. The molecule has 0 spiro atoms. The van der Waals surface area contributed by atoms with Crippen LogP contribution in [-0.2, 0) is 0 Å². The van der Waals surface area contributed by atoms with Crippen molar-refractivity contribution >= 4 is 187 Å². The van der Waals surface area contributed by atoms with Gasteiger partial charge in [-0.15, -0.1) is 0 Å². The highest BCUT2D eigenvalue weighted by atomic mass is 19.2. The topological polar surface area (TPSA) is 69.3 Å². The van der Waals surface area contributed by atoms with Crippen LogP contribution in [0.1, 0.15) is 11.1 Å². The van der Waals surface area contributed by atoms with Crippen LogP contribution in [0.3, 0.4) is 0 Å². The molecule has 140 heavy (non-hydrogen) atoms. The minimum Gasteiger partial charge on any atom is -0.307 e. The summed E-state index contributed by atoms with van der Waals surface area (Å²) in [5.41, 5.74) is 10.3. The highest BCUT2D eigenvalue weighted by Gasteiger charge is 2.33. The monoisotopic (exact) mass is 1820 g/mol. The highest BCUT2D eigenvalue weighted by molar-refractivity contribution is 6.30.